The lowest BCUT2D eigenvalue weighted by atomic mass is 10.0. The molecule has 1 aliphatic carbocycles. The zero-order chi connectivity index (χ0) is 13.4. The number of aryl methyl sites for hydroxylation is 2. The Balaban J connectivity index is 1.62. The summed E-state index contributed by atoms with van der Waals surface area (Å²) in [7, 11) is 0. The molecule has 3 aromatic rings. The molecule has 2 aromatic heterocycles. The topological polar surface area (TPSA) is 41.0 Å². The van der Waals surface area contributed by atoms with E-state index in [1.165, 1.54) is 35.2 Å². The van der Waals surface area contributed by atoms with E-state index in [4.69, 9.17) is 0 Å². The van der Waals surface area contributed by atoms with Crippen LogP contribution in [0.1, 0.15) is 29.1 Å². The zero-order valence-electron chi connectivity index (χ0n) is 11.1. The largest absolute Gasteiger partial charge is 0.354 e. The SMILES string of the molecule is C(=N\c1nc2c(s1)CCCC2)/c1cc2ccccc2[nH]1. The average Bonchev–Trinajstić information content (AvgIpc) is 3.07. The molecule has 0 bridgehead atoms. The van der Waals surface area contributed by atoms with Crippen molar-refractivity contribution >= 4 is 33.6 Å². The van der Waals surface area contributed by atoms with Gasteiger partial charge in [0, 0.05) is 15.8 Å². The van der Waals surface area contributed by atoms with Crippen LogP contribution in [-0.4, -0.2) is 16.2 Å². The Labute approximate surface area is 121 Å². The molecule has 0 saturated carbocycles. The number of benzene rings is 1. The van der Waals surface area contributed by atoms with Gasteiger partial charge in [0.25, 0.3) is 0 Å². The molecule has 1 N–H and O–H groups in total. The fourth-order valence-corrected chi connectivity index (χ4v) is 3.68. The lowest BCUT2D eigenvalue weighted by Crippen LogP contribution is -1.98. The van der Waals surface area contributed by atoms with Crippen molar-refractivity contribution in [1.29, 1.82) is 0 Å². The minimum Gasteiger partial charge on any atom is -0.354 e. The molecule has 0 saturated heterocycles. The van der Waals surface area contributed by atoms with Crippen LogP contribution < -0.4 is 0 Å². The van der Waals surface area contributed by atoms with Crippen molar-refractivity contribution in [3.8, 4) is 0 Å². The number of para-hydroxylation sites is 1. The number of hydrogen-bond donors (Lipinski definition) is 1. The van der Waals surface area contributed by atoms with Crippen LogP contribution >= 0.6 is 11.3 Å². The fourth-order valence-electron chi connectivity index (χ4n) is 2.68. The van der Waals surface area contributed by atoms with Crippen molar-refractivity contribution in [3.05, 3.63) is 46.6 Å². The summed E-state index contributed by atoms with van der Waals surface area (Å²) in [6, 6.07) is 10.4. The molecular formula is C16H15N3S. The second-order valence-corrected chi connectivity index (χ2v) is 6.21. The number of nitrogens with one attached hydrogen (secondary N) is 1. The Morgan fingerprint density at radius 3 is 3.00 bits per heavy atom. The Morgan fingerprint density at radius 1 is 1.20 bits per heavy atom. The van der Waals surface area contributed by atoms with Crippen LogP contribution in [0.3, 0.4) is 0 Å². The van der Waals surface area contributed by atoms with E-state index >= 15 is 0 Å². The van der Waals surface area contributed by atoms with Gasteiger partial charge < -0.3 is 4.98 Å². The first-order chi connectivity index (χ1) is 9.88. The number of aromatic amines is 1. The fraction of sp³-hybridized carbons (Fsp3) is 0.250. The maximum absolute atomic E-state index is 4.63. The number of aromatic nitrogens is 2. The normalized spacial score (nSPS) is 15.0. The molecule has 0 aliphatic heterocycles. The smallest absolute Gasteiger partial charge is 0.209 e. The molecule has 0 unspecified atom stereocenters. The molecule has 4 rings (SSSR count). The Bertz CT molecular complexity index is 725. The van der Waals surface area contributed by atoms with Gasteiger partial charge in [-0.15, -0.1) is 0 Å². The summed E-state index contributed by atoms with van der Waals surface area (Å²) in [6.07, 6.45) is 6.73. The number of fused-ring (bicyclic) bond motifs is 2. The molecule has 2 heterocycles. The number of thiazole rings is 1. The number of H-pyrrole nitrogens is 1. The molecule has 1 aliphatic rings. The lowest BCUT2D eigenvalue weighted by molar-refractivity contribution is 0.682. The van der Waals surface area contributed by atoms with Gasteiger partial charge in [0.15, 0.2) is 0 Å². The standard InChI is InChI=1S/C16H15N3S/c1-2-6-13-11(5-1)9-12(18-13)10-17-16-19-14-7-3-4-8-15(14)20-16/h1-2,5-6,9-10,18H,3-4,7-8H2/b17-10+. The van der Waals surface area contributed by atoms with E-state index in [9.17, 15) is 0 Å². The van der Waals surface area contributed by atoms with E-state index < -0.39 is 0 Å². The Hall–Kier alpha value is -1.94. The average molecular weight is 281 g/mol. The quantitative estimate of drug-likeness (QED) is 0.701. The van der Waals surface area contributed by atoms with Crippen molar-refractivity contribution in [2.75, 3.05) is 0 Å². The van der Waals surface area contributed by atoms with Gasteiger partial charge >= 0.3 is 0 Å². The first-order valence-corrected chi connectivity index (χ1v) is 7.80. The van der Waals surface area contributed by atoms with Crippen LogP contribution in [0, 0.1) is 0 Å². The maximum Gasteiger partial charge on any atom is 0.209 e. The van der Waals surface area contributed by atoms with Crippen molar-refractivity contribution in [2.45, 2.75) is 25.7 Å². The van der Waals surface area contributed by atoms with Gasteiger partial charge in [-0.3, -0.25) is 0 Å². The molecule has 4 heteroatoms. The molecule has 3 nitrogen and oxygen atoms in total. The summed E-state index contributed by atoms with van der Waals surface area (Å²) in [5, 5.41) is 2.10. The maximum atomic E-state index is 4.63. The van der Waals surface area contributed by atoms with Gasteiger partial charge in [-0.2, -0.15) is 0 Å². The summed E-state index contributed by atoms with van der Waals surface area (Å²) in [5.41, 5.74) is 3.44. The van der Waals surface area contributed by atoms with E-state index in [-0.39, 0.29) is 0 Å². The third-order valence-corrected chi connectivity index (χ3v) is 4.76. The highest BCUT2D eigenvalue weighted by Gasteiger charge is 2.14. The highest BCUT2D eigenvalue weighted by molar-refractivity contribution is 7.15. The van der Waals surface area contributed by atoms with Crippen LogP contribution in [0.5, 0.6) is 0 Å². The van der Waals surface area contributed by atoms with Crippen LogP contribution in [0.25, 0.3) is 10.9 Å². The Morgan fingerprint density at radius 2 is 2.10 bits per heavy atom. The number of aliphatic imine (C=N–C) groups is 1. The second kappa shape index (κ2) is 4.87. The van der Waals surface area contributed by atoms with Gasteiger partial charge in [0.1, 0.15) is 0 Å². The van der Waals surface area contributed by atoms with Crippen LogP contribution in [-0.2, 0) is 12.8 Å². The molecule has 20 heavy (non-hydrogen) atoms. The first-order valence-electron chi connectivity index (χ1n) is 6.99. The van der Waals surface area contributed by atoms with Crippen molar-refractivity contribution in [3.63, 3.8) is 0 Å². The van der Waals surface area contributed by atoms with E-state index in [0.717, 1.165) is 22.8 Å². The number of rotatable bonds is 2. The van der Waals surface area contributed by atoms with Crippen molar-refractivity contribution in [2.24, 2.45) is 4.99 Å². The van der Waals surface area contributed by atoms with Gasteiger partial charge in [0.05, 0.1) is 17.6 Å². The van der Waals surface area contributed by atoms with E-state index in [1.54, 1.807) is 11.3 Å². The monoisotopic (exact) mass is 281 g/mol. The minimum atomic E-state index is 0.885. The first kappa shape index (κ1) is 11.9. The predicted molar refractivity (Wildman–Crippen MR) is 84.3 cm³/mol. The zero-order valence-corrected chi connectivity index (χ0v) is 11.9. The van der Waals surface area contributed by atoms with E-state index in [1.807, 2.05) is 18.3 Å². The number of hydrogen-bond acceptors (Lipinski definition) is 3. The van der Waals surface area contributed by atoms with Crippen molar-refractivity contribution in [1.82, 2.24) is 9.97 Å². The third-order valence-electron chi connectivity index (χ3n) is 3.70. The summed E-state index contributed by atoms with van der Waals surface area (Å²) < 4.78 is 0. The highest BCUT2D eigenvalue weighted by atomic mass is 32.1. The van der Waals surface area contributed by atoms with Gasteiger partial charge in [-0.05, 0) is 37.8 Å². The highest BCUT2D eigenvalue weighted by Crippen LogP contribution is 2.31. The Kier molecular flexibility index (Phi) is 2.89. The number of nitrogens with zero attached hydrogens (tertiary/aromatic N) is 2. The van der Waals surface area contributed by atoms with Crippen LogP contribution in [0.15, 0.2) is 35.3 Å². The molecule has 0 spiro atoms. The van der Waals surface area contributed by atoms with Gasteiger partial charge in [-0.25, -0.2) is 9.98 Å². The van der Waals surface area contributed by atoms with Crippen molar-refractivity contribution < 1.29 is 0 Å². The third kappa shape index (κ3) is 2.16. The van der Waals surface area contributed by atoms with E-state index in [0.29, 0.717) is 0 Å². The van der Waals surface area contributed by atoms with Crippen LogP contribution in [0.2, 0.25) is 0 Å². The molecule has 0 radical (unpaired) electrons. The summed E-state index contributed by atoms with van der Waals surface area (Å²) >= 11 is 1.74. The summed E-state index contributed by atoms with van der Waals surface area (Å²) in [5.74, 6) is 0. The molecule has 0 amide bonds. The summed E-state index contributed by atoms with van der Waals surface area (Å²) in [4.78, 5) is 13.9. The summed E-state index contributed by atoms with van der Waals surface area (Å²) in [6.45, 7) is 0. The molecule has 0 atom stereocenters. The van der Waals surface area contributed by atoms with E-state index in [2.05, 4.69) is 33.2 Å². The molecule has 1 aromatic carbocycles. The molecule has 0 fully saturated rings. The predicted octanol–water partition coefficient (Wildman–Crippen LogP) is 4.25. The minimum absolute atomic E-state index is 0.885. The lowest BCUT2D eigenvalue weighted by Gasteiger charge is -2.06. The van der Waals surface area contributed by atoms with Gasteiger partial charge in [0.2, 0.25) is 5.13 Å². The molecule has 100 valence electrons. The van der Waals surface area contributed by atoms with Gasteiger partial charge in [-0.1, -0.05) is 29.5 Å². The second-order valence-electron chi connectivity index (χ2n) is 5.14. The van der Waals surface area contributed by atoms with Crippen LogP contribution in [0.4, 0.5) is 5.13 Å². The molecular weight excluding hydrogens is 266 g/mol.